The molecule has 0 fully saturated rings. The number of nitriles is 1. The number of carbonyl (C=O) groups excluding carboxylic acids is 1. The fraction of sp³-hybridized carbons (Fsp3) is 0.385. The van der Waals surface area contributed by atoms with Crippen molar-refractivity contribution in [2.75, 3.05) is 13.7 Å². The number of hydrogen-bond donors (Lipinski definition) is 0. The van der Waals surface area contributed by atoms with E-state index in [1.54, 1.807) is 0 Å². The molecule has 0 aliphatic carbocycles. The summed E-state index contributed by atoms with van der Waals surface area (Å²) in [5, 5.41) is 8.85. The molecule has 0 spiro atoms. The van der Waals surface area contributed by atoms with E-state index in [0.717, 1.165) is 0 Å². The van der Waals surface area contributed by atoms with Gasteiger partial charge in [0.25, 0.3) is 0 Å². The number of esters is 1. The van der Waals surface area contributed by atoms with Crippen LogP contribution in [-0.4, -0.2) is 25.8 Å². The molecule has 0 heterocycles. The molecule has 19 heavy (non-hydrogen) atoms. The van der Waals surface area contributed by atoms with Crippen LogP contribution in [-0.2, 0) is 4.74 Å². The van der Waals surface area contributed by atoms with Crippen molar-refractivity contribution in [2.45, 2.75) is 20.0 Å². The van der Waals surface area contributed by atoms with E-state index in [1.165, 1.54) is 26.2 Å². The van der Waals surface area contributed by atoms with E-state index in [4.69, 9.17) is 31.1 Å². The van der Waals surface area contributed by atoms with Gasteiger partial charge in [0, 0.05) is 0 Å². The largest absolute Gasteiger partial charge is 0.493 e. The molecule has 0 aliphatic rings. The van der Waals surface area contributed by atoms with E-state index in [-0.39, 0.29) is 10.6 Å². The van der Waals surface area contributed by atoms with Crippen LogP contribution in [0.5, 0.6) is 11.5 Å². The lowest BCUT2D eigenvalue weighted by Crippen LogP contribution is -2.13. The molecule has 1 rings (SSSR count). The van der Waals surface area contributed by atoms with Crippen molar-refractivity contribution in [3.05, 3.63) is 22.7 Å². The van der Waals surface area contributed by atoms with Crippen molar-refractivity contribution < 1.29 is 19.0 Å². The van der Waals surface area contributed by atoms with Gasteiger partial charge in [-0.3, -0.25) is 0 Å². The lowest BCUT2D eigenvalue weighted by molar-refractivity contribution is 0.0435. The Kier molecular flexibility index (Phi) is 5.46. The molecular formula is C13H14ClNO4. The van der Waals surface area contributed by atoms with Crippen molar-refractivity contribution in [1.82, 2.24) is 0 Å². The summed E-state index contributed by atoms with van der Waals surface area (Å²) in [4.78, 5) is 11.8. The fourth-order valence-electron chi connectivity index (χ4n) is 1.38. The van der Waals surface area contributed by atoms with Crippen molar-refractivity contribution >= 4 is 17.6 Å². The third-order valence-electron chi connectivity index (χ3n) is 2.22. The highest BCUT2D eigenvalue weighted by molar-refractivity contribution is 6.32. The Hall–Kier alpha value is -1.93. The van der Waals surface area contributed by atoms with Crippen LogP contribution < -0.4 is 9.47 Å². The van der Waals surface area contributed by atoms with Crippen molar-refractivity contribution in [3.63, 3.8) is 0 Å². The highest BCUT2D eigenvalue weighted by atomic mass is 35.5. The Morgan fingerprint density at radius 1 is 1.53 bits per heavy atom. The van der Waals surface area contributed by atoms with E-state index in [0.29, 0.717) is 18.1 Å². The second-order valence-electron chi connectivity index (χ2n) is 3.60. The number of halogens is 1. The Bertz CT molecular complexity index is 510. The number of nitrogens with zero attached hydrogens (tertiary/aromatic N) is 1. The van der Waals surface area contributed by atoms with Crippen LogP contribution in [0.1, 0.15) is 24.2 Å². The average molecular weight is 284 g/mol. The quantitative estimate of drug-likeness (QED) is 0.777. The molecule has 0 aromatic heterocycles. The standard InChI is InChI=1S/C13H14ClNO4/c1-4-18-12-10(14)5-9(6-11(12)17-3)13(16)19-8(2)7-15/h5-6,8H,4H2,1-3H3/t8-/m1/s1. The fourth-order valence-corrected chi connectivity index (χ4v) is 1.64. The van der Waals surface area contributed by atoms with Crippen LogP contribution in [0.4, 0.5) is 0 Å². The summed E-state index contributed by atoms with van der Waals surface area (Å²) >= 11 is 6.03. The zero-order chi connectivity index (χ0) is 14.4. The Balaban J connectivity index is 3.08. The van der Waals surface area contributed by atoms with E-state index in [2.05, 4.69) is 0 Å². The molecule has 0 aliphatic heterocycles. The third-order valence-corrected chi connectivity index (χ3v) is 2.50. The summed E-state index contributed by atoms with van der Waals surface area (Å²) in [5.41, 5.74) is 0.201. The molecule has 0 saturated carbocycles. The highest BCUT2D eigenvalue weighted by Gasteiger charge is 2.18. The summed E-state index contributed by atoms with van der Waals surface area (Å²) < 4.78 is 15.3. The summed E-state index contributed by atoms with van der Waals surface area (Å²) in [6.07, 6.45) is -0.830. The predicted molar refractivity (Wildman–Crippen MR) is 69.7 cm³/mol. The molecule has 0 bridgehead atoms. The number of rotatable bonds is 5. The lowest BCUT2D eigenvalue weighted by atomic mass is 10.2. The molecule has 102 valence electrons. The second-order valence-corrected chi connectivity index (χ2v) is 4.01. The number of ether oxygens (including phenoxy) is 3. The minimum absolute atomic E-state index is 0.201. The summed E-state index contributed by atoms with van der Waals surface area (Å²) in [6, 6.07) is 4.69. The molecule has 1 aromatic rings. The zero-order valence-corrected chi connectivity index (χ0v) is 11.7. The van der Waals surface area contributed by atoms with Gasteiger partial charge in [-0.25, -0.2) is 4.79 Å². The SMILES string of the molecule is CCOc1c(Cl)cc(C(=O)O[C@H](C)C#N)cc1OC. The molecular weight excluding hydrogens is 270 g/mol. The molecule has 5 nitrogen and oxygen atoms in total. The number of hydrogen-bond acceptors (Lipinski definition) is 5. The number of carbonyl (C=O) groups is 1. The maximum atomic E-state index is 11.8. The van der Waals surface area contributed by atoms with Crippen molar-refractivity contribution in [2.24, 2.45) is 0 Å². The lowest BCUT2D eigenvalue weighted by Gasteiger charge is -2.13. The monoisotopic (exact) mass is 283 g/mol. The minimum Gasteiger partial charge on any atom is -0.493 e. The molecule has 0 saturated heterocycles. The maximum Gasteiger partial charge on any atom is 0.339 e. The second kappa shape index (κ2) is 6.86. The van der Waals surface area contributed by atoms with Crippen molar-refractivity contribution in [1.29, 1.82) is 5.26 Å². The van der Waals surface area contributed by atoms with Gasteiger partial charge in [-0.1, -0.05) is 11.6 Å². The van der Waals surface area contributed by atoms with Crippen LogP contribution in [0.15, 0.2) is 12.1 Å². The van der Waals surface area contributed by atoms with E-state index in [9.17, 15) is 4.79 Å². The Morgan fingerprint density at radius 2 is 2.21 bits per heavy atom. The van der Waals surface area contributed by atoms with E-state index >= 15 is 0 Å². The topological polar surface area (TPSA) is 68.5 Å². The molecule has 0 unspecified atom stereocenters. The predicted octanol–water partition coefficient (Wildman–Crippen LogP) is 2.82. The smallest absolute Gasteiger partial charge is 0.339 e. The first-order valence-corrected chi connectivity index (χ1v) is 6.02. The Labute approximate surface area is 116 Å². The first-order chi connectivity index (χ1) is 9.03. The van der Waals surface area contributed by atoms with Crippen LogP contribution in [0.2, 0.25) is 5.02 Å². The number of methoxy groups -OCH3 is 1. The minimum atomic E-state index is -0.830. The maximum absolute atomic E-state index is 11.8. The number of benzene rings is 1. The summed E-state index contributed by atoms with van der Waals surface area (Å²) in [5.74, 6) is 0.0692. The average Bonchev–Trinajstić information content (AvgIpc) is 2.40. The van der Waals surface area contributed by atoms with Crippen molar-refractivity contribution in [3.8, 4) is 17.6 Å². The first-order valence-electron chi connectivity index (χ1n) is 5.64. The van der Waals surface area contributed by atoms with Gasteiger partial charge < -0.3 is 14.2 Å². The van der Waals surface area contributed by atoms with Gasteiger partial charge in [-0.05, 0) is 26.0 Å². The van der Waals surface area contributed by atoms with Gasteiger partial charge in [0.2, 0.25) is 0 Å². The van der Waals surface area contributed by atoms with Gasteiger partial charge in [0.05, 0.1) is 24.3 Å². The van der Waals surface area contributed by atoms with Gasteiger partial charge in [-0.2, -0.15) is 5.26 Å². The summed E-state index contributed by atoms with van der Waals surface area (Å²) in [6.45, 7) is 3.71. The van der Waals surface area contributed by atoms with Crippen LogP contribution in [0, 0.1) is 11.3 Å². The Morgan fingerprint density at radius 3 is 2.74 bits per heavy atom. The molecule has 0 radical (unpaired) electrons. The van der Waals surface area contributed by atoms with Crippen LogP contribution >= 0.6 is 11.6 Å². The zero-order valence-electron chi connectivity index (χ0n) is 10.9. The molecule has 1 aromatic carbocycles. The first kappa shape index (κ1) is 15.1. The molecule has 6 heteroatoms. The van der Waals surface area contributed by atoms with E-state index in [1.807, 2.05) is 13.0 Å². The molecule has 0 N–H and O–H groups in total. The normalized spacial score (nSPS) is 11.3. The highest BCUT2D eigenvalue weighted by Crippen LogP contribution is 2.36. The third kappa shape index (κ3) is 3.76. The van der Waals surface area contributed by atoms with Gasteiger partial charge in [0.1, 0.15) is 6.07 Å². The van der Waals surface area contributed by atoms with Crippen LogP contribution in [0.25, 0.3) is 0 Å². The van der Waals surface area contributed by atoms with Gasteiger partial charge in [-0.15, -0.1) is 0 Å². The van der Waals surface area contributed by atoms with Crippen LogP contribution in [0.3, 0.4) is 0 Å². The van der Waals surface area contributed by atoms with Gasteiger partial charge in [0.15, 0.2) is 17.6 Å². The van der Waals surface area contributed by atoms with E-state index < -0.39 is 12.1 Å². The van der Waals surface area contributed by atoms with Gasteiger partial charge >= 0.3 is 5.97 Å². The molecule has 0 amide bonds. The summed E-state index contributed by atoms with van der Waals surface area (Å²) in [7, 11) is 1.45. The molecule has 1 atom stereocenters.